The Hall–Kier alpha value is -1.71. The number of hydrogen-bond acceptors (Lipinski definition) is 2. The fraction of sp³-hybridized carbons (Fsp3) is 0.167. The van der Waals surface area contributed by atoms with Crippen LogP contribution in [0.25, 0.3) is 10.8 Å². The van der Waals surface area contributed by atoms with Gasteiger partial charge in [0, 0.05) is 28.8 Å². The van der Waals surface area contributed by atoms with Crippen molar-refractivity contribution in [2.24, 2.45) is 5.73 Å². The third-order valence-corrected chi connectivity index (χ3v) is 4.04. The molecule has 0 radical (unpaired) electrons. The Morgan fingerprint density at radius 1 is 0.952 bits per heavy atom. The van der Waals surface area contributed by atoms with Crippen molar-refractivity contribution in [1.29, 1.82) is 0 Å². The zero-order valence-corrected chi connectivity index (χ0v) is 13.3. The summed E-state index contributed by atoms with van der Waals surface area (Å²) in [5.74, 6) is 0. The standard InChI is InChI=1S/C18H17BrN2/c19-16-7-8-18(21-12-16)11-17(20)10-13-5-6-14-3-1-2-4-15(14)9-13/h1-9,12,17H,10-11,20H2. The predicted octanol–water partition coefficient (Wildman–Crippen LogP) is 4.11. The molecule has 3 aromatic rings. The van der Waals surface area contributed by atoms with Crippen LogP contribution >= 0.6 is 15.9 Å². The van der Waals surface area contributed by atoms with Crippen LogP contribution in [0.5, 0.6) is 0 Å². The van der Waals surface area contributed by atoms with Gasteiger partial charge in [-0.1, -0.05) is 42.5 Å². The summed E-state index contributed by atoms with van der Waals surface area (Å²) in [6.07, 6.45) is 3.47. The fourth-order valence-corrected chi connectivity index (χ4v) is 2.77. The Balaban J connectivity index is 1.70. The van der Waals surface area contributed by atoms with E-state index in [-0.39, 0.29) is 6.04 Å². The molecule has 3 heteroatoms. The number of pyridine rings is 1. The summed E-state index contributed by atoms with van der Waals surface area (Å²) in [4.78, 5) is 4.38. The van der Waals surface area contributed by atoms with Gasteiger partial charge in [-0.2, -0.15) is 0 Å². The number of aromatic nitrogens is 1. The van der Waals surface area contributed by atoms with Gasteiger partial charge < -0.3 is 5.73 Å². The molecule has 2 nitrogen and oxygen atoms in total. The molecule has 1 unspecified atom stereocenters. The highest BCUT2D eigenvalue weighted by atomic mass is 79.9. The van der Waals surface area contributed by atoms with Crippen LogP contribution in [0.1, 0.15) is 11.3 Å². The summed E-state index contributed by atoms with van der Waals surface area (Å²) >= 11 is 3.39. The van der Waals surface area contributed by atoms with Gasteiger partial charge in [0.15, 0.2) is 0 Å². The minimum absolute atomic E-state index is 0.0832. The molecule has 21 heavy (non-hydrogen) atoms. The largest absolute Gasteiger partial charge is 0.327 e. The van der Waals surface area contributed by atoms with Gasteiger partial charge in [-0.05, 0) is 50.8 Å². The summed E-state index contributed by atoms with van der Waals surface area (Å²) in [6, 6.07) is 19.1. The maximum absolute atomic E-state index is 6.27. The molecule has 0 saturated heterocycles. The average molecular weight is 341 g/mol. The van der Waals surface area contributed by atoms with Crippen LogP contribution in [0, 0.1) is 0 Å². The number of hydrogen-bond donors (Lipinski definition) is 1. The van der Waals surface area contributed by atoms with Crippen LogP contribution in [0.3, 0.4) is 0 Å². The summed E-state index contributed by atoms with van der Waals surface area (Å²) < 4.78 is 0.995. The number of benzene rings is 2. The molecule has 0 amide bonds. The molecule has 2 aromatic carbocycles. The molecule has 1 heterocycles. The highest BCUT2D eigenvalue weighted by molar-refractivity contribution is 9.10. The van der Waals surface area contributed by atoms with Crippen LogP contribution < -0.4 is 5.73 Å². The lowest BCUT2D eigenvalue weighted by Crippen LogP contribution is -2.25. The van der Waals surface area contributed by atoms with Crippen LogP contribution in [-0.2, 0) is 12.8 Å². The molecule has 2 N–H and O–H groups in total. The van der Waals surface area contributed by atoms with Crippen molar-refractivity contribution in [3.63, 3.8) is 0 Å². The molecule has 3 rings (SSSR count). The monoisotopic (exact) mass is 340 g/mol. The molecule has 1 atom stereocenters. The first-order valence-electron chi connectivity index (χ1n) is 7.04. The van der Waals surface area contributed by atoms with E-state index in [1.165, 1.54) is 16.3 Å². The van der Waals surface area contributed by atoms with E-state index in [9.17, 15) is 0 Å². The van der Waals surface area contributed by atoms with Gasteiger partial charge in [0.05, 0.1) is 0 Å². The number of fused-ring (bicyclic) bond motifs is 1. The highest BCUT2D eigenvalue weighted by Gasteiger charge is 2.07. The molecule has 1 aromatic heterocycles. The lowest BCUT2D eigenvalue weighted by atomic mass is 9.99. The molecule has 0 aliphatic rings. The molecule has 0 spiro atoms. The number of halogens is 1. The van der Waals surface area contributed by atoms with E-state index in [2.05, 4.69) is 63.4 Å². The second kappa shape index (κ2) is 6.37. The molecule has 0 fully saturated rings. The Bertz CT molecular complexity index is 738. The van der Waals surface area contributed by atoms with Crippen LogP contribution in [0.2, 0.25) is 0 Å². The summed E-state index contributed by atoms with van der Waals surface area (Å²) in [5, 5.41) is 2.54. The predicted molar refractivity (Wildman–Crippen MR) is 91.3 cm³/mol. The normalized spacial score (nSPS) is 12.5. The van der Waals surface area contributed by atoms with Crippen molar-refractivity contribution in [2.45, 2.75) is 18.9 Å². The maximum atomic E-state index is 6.27. The van der Waals surface area contributed by atoms with Crippen molar-refractivity contribution >= 4 is 26.7 Å². The number of rotatable bonds is 4. The first-order chi connectivity index (χ1) is 10.2. The number of nitrogens with zero attached hydrogens (tertiary/aromatic N) is 1. The van der Waals surface area contributed by atoms with Crippen LogP contribution in [0.15, 0.2) is 65.3 Å². The van der Waals surface area contributed by atoms with Gasteiger partial charge in [-0.3, -0.25) is 4.98 Å². The second-order valence-electron chi connectivity index (χ2n) is 5.32. The Kier molecular flexibility index (Phi) is 4.32. The lowest BCUT2D eigenvalue weighted by Gasteiger charge is -2.12. The molecular weight excluding hydrogens is 324 g/mol. The average Bonchev–Trinajstić information content (AvgIpc) is 2.49. The maximum Gasteiger partial charge on any atom is 0.0420 e. The first kappa shape index (κ1) is 14.2. The minimum Gasteiger partial charge on any atom is -0.327 e. The highest BCUT2D eigenvalue weighted by Crippen LogP contribution is 2.17. The minimum atomic E-state index is 0.0832. The molecule has 0 aliphatic carbocycles. The smallest absolute Gasteiger partial charge is 0.0420 e. The van der Waals surface area contributed by atoms with Crippen LogP contribution in [-0.4, -0.2) is 11.0 Å². The summed E-state index contributed by atoms with van der Waals surface area (Å²) in [7, 11) is 0. The SMILES string of the molecule is NC(Cc1ccc2ccccc2c1)Cc1ccc(Br)cn1. The van der Waals surface area contributed by atoms with E-state index in [4.69, 9.17) is 5.73 Å². The zero-order chi connectivity index (χ0) is 14.7. The van der Waals surface area contributed by atoms with Gasteiger partial charge in [-0.15, -0.1) is 0 Å². The third kappa shape index (κ3) is 3.69. The van der Waals surface area contributed by atoms with Gasteiger partial charge in [-0.25, -0.2) is 0 Å². The van der Waals surface area contributed by atoms with E-state index >= 15 is 0 Å². The molecule has 106 valence electrons. The molecule has 0 bridgehead atoms. The van der Waals surface area contributed by atoms with Crippen molar-refractivity contribution in [3.05, 3.63) is 76.5 Å². The van der Waals surface area contributed by atoms with E-state index in [0.717, 1.165) is 23.0 Å². The van der Waals surface area contributed by atoms with E-state index in [0.29, 0.717) is 0 Å². The van der Waals surface area contributed by atoms with Crippen molar-refractivity contribution in [3.8, 4) is 0 Å². The molecular formula is C18H17BrN2. The fourth-order valence-electron chi connectivity index (χ4n) is 2.54. The van der Waals surface area contributed by atoms with Crippen molar-refractivity contribution in [1.82, 2.24) is 4.98 Å². The van der Waals surface area contributed by atoms with E-state index in [1.807, 2.05) is 18.3 Å². The topological polar surface area (TPSA) is 38.9 Å². The van der Waals surface area contributed by atoms with Crippen molar-refractivity contribution in [2.75, 3.05) is 0 Å². The summed E-state index contributed by atoms with van der Waals surface area (Å²) in [5.41, 5.74) is 8.58. The first-order valence-corrected chi connectivity index (χ1v) is 7.84. The third-order valence-electron chi connectivity index (χ3n) is 3.57. The van der Waals surface area contributed by atoms with Gasteiger partial charge in [0.25, 0.3) is 0 Å². The Morgan fingerprint density at radius 2 is 1.76 bits per heavy atom. The Labute approximate surface area is 133 Å². The van der Waals surface area contributed by atoms with Gasteiger partial charge in [0.1, 0.15) is 0 Å². The van der Waals surface area contributed by atoms with Crippen LogP contribution in [0.4, 0.5) is 0 Å². The van der Waals surface area contributed by atoms with Crippen molar-refractivity contribution < 1.29 is 0 Å². The Morgan fingerprint density at radius 3 is 2.52 bits per heavy atom. The quantitative estimate of drug-likeness (QED) is 0.776. The number of nitrogens with two attached hydrogens (primary N) is 1. The van der Waals surface area contributed by atoms with Gasteiger partial charge in [0.2, 0.25) is 0 Å². The zero-order valence-electron chi connectivity index (χ0n) is 11.7. The lowest BCUT2D eigenvalue weighted by molar-refractivity contribution is 0.654. The van der Waals surface area contributed by atoms with E-state index in [1.54, 1.807) is 0 Å². The summed E-state index contributed by atoms with van der Waals surface area (Å²) in [6.45, 7) is 0. The molecule has 0 aliphatic heterocycles. The molecule has 0 saturated carbocycles. The second-order valence-corrected chi connectivity index (χ2v) is 6.23. The van der Waals surface area contributed by atoms with E-state index < -0.39 is 0 Å². The van der Waals surface area contributed by atoms with Gasteiger partial charge >= 0.3 is 0 Å².